The molecule has 1 heterocycles. The summed E-state index contributed by atoms with van der Waals surface area (Å²) in [6, 6.07) is 11.9. The van der Waals surface area contributed by atoms with E-state index in [1.54, 1.807) is 24.3 Å². The van der Waals surface area contributed by atoms with Gasteiger partial charge in [-0.2, -0.15) is 0 Å². The number of aliphatic carboxylic acids is 1. The third-order valence-electron chi connectivity index (χ3n) is 4.20. The Kier molecular flexibility index (Phi) is 7.13. The maximum Gasteiger partial charge on any atom is 0.294 e. The van der Waals surface area contributed by atoms with Gasteiger partial charge >= 0.3 is 0 Å². The molecule has 0 bridgehead atoms. The molecule has 0 radical (unpaired) electrons. The standard InChI is InChI=1S/C21H17BrN2O6S/c1-12-4-2-3-5-15(12)23-18(25)10-24-20(28)17(31-21(24)29)9-13-8-14(22)6-7-16(13)30-11-19(26)27/h2-9H,10-11H2,1H3,(H,23,25)(H,26,27)/p-1/b17-9+. The molecular formula is C21H16BrN2O6S-. The van der Waals surface area contributed by atoms with Crippen LogP contribution in [0.15, 0.2) is 51.8 Å². The van der Waals surface area contributed by atoms with E-state index in [-0.39, 0.29) is 10.7 Å². The first kappa shape index (κ1) is 22.6. The van der Waals surface area contributed by atoms with E-state index in [0.29, 0.717) is 27.5 Å². The first-order valence-corrected chi connectivity index (χ1v) is 10.6. The first-order chi connectivity index (χ1) is 14.7. The summed E-state index contributed by atoms with van der Waals surface area (Å²) in [7, 11) is 0. The number of para-hydroxylation sites is 1. The molecule has 31 heavy (non-hydrogen) atoms. The largest absolute Gasteiger partial charge is 0.546 e. The smallest absolute Gasteiger partial charge is 0.294 e. The lowest BCUT2D eigenvalue weighted by Gasteiger charge is -2.13. The molecule has 0 unspecified atom stereocenters. The molecule has 10 heteroatoms. The van der Waals surface area contributed by atoms with Crippen molar-refractivity contribution < 1.29 is 29.0 Å². The maximum atomic E-state index is 12.7. The molecule has 1 aliphatic heterocycles. The van der Waals surface area contributed by atoms with E-state index in [0.717, 1.165) is 10.5 Å². The fourth-order valence-electron chi connectivity index (χ4n) is 2.72. The number of carbonyl (C=O) groups is 4. The molecule has 0 spiro atoms. The summed E-state index contributed by atoms with van der Waals surface area (Å²) < 4.78 is 5.85. The number of aryl methyl sites for hydroxylation is 1. The van der Waals surface area contributed by atoms with Crippen molar-refractivity contribution in [1.82, 2.24) is 4.90 Å². The number of nitrogens with one attached hydrogen (secondary N) is 1. The molecule has 3 amide bonds. The number of halogens is 1. The van der Waals surface area contributed by atoms with Gasteiger partial charge in [-0.25, -0.2) is 0 Å². The second-order valence-electron chi connectivity index (χ2n) is 6.47. The Morgan fingerprint density at radius 3 is 2.68 bits per heavy atom. The second-order valence-corrected chi connectivity index (χ2v) is 8.38. The van der Waals surface area contributed by atoms with Crippen LogP contribution in [0.3, 0.4) is 0 Å². The van der Waals surface area contributed by atoms with Crippen LogP contribution in [0.1, 0.15) is 11.1 Å². The average Bonchev–Trinajstić information content (AvgIpc) is 2.96. The summed E-state index contributed by atoms with van der Waals surface area (Å²) in [5.74, 6) is -2.32. The molecule has 0 aliphatic carbocycles. The van der Waals surface area contributed by atoms with Crippen molar-refractivity contribution in [3.63, 3.8) is 0 Å². The Balaban J connectivity index is 1.76. The van der Waals surface area contributed by atoms with Crippen LogP contribution in [-0.2, 0) is 14.4 Å². The van der Waals surface area contributed by atoms with Gasteiger partial charge in [0.25, 0.3) is 11.1 Å². The molecule has 0 aromatic heterocycles. The monoisotopic (exact) mass is 503 g/mol. The van der Waals surface area contributed by atoms with Gasteiger partial charge in [-0.15, -0.1) is 0 Å². The molecule has 3 rings (SSSR count). The molecule has 2 aromatic rings. The Hall–Kier alpha value is -3.11. The molecule has 0 saturated carbocycles. The highest BCUT2D eigenvalue weighted by Crippen LogP contribution is 2.34. The Bertz CT molecular complexity index is 1100. The Labute approximate surface area is 190 Å². The Morgan fingerprint density at radius 2 is 1.97 bits per heavy atom. The maximum absolute atomic E-state index is 12.7. The number of thioether (sulfide) groups is 1. The van der Waals surface area contributed by atoms with Crippen LogP contribution in [0, 0.1) is 6.92 Å². The number of nitrogens with zero attached hydrogens (tertiary/aromatic N) is 1. The van der Waals surface area contributed by atoms with Crippen molar-refractivity contribution in [1.29, 1.82) is 0 Å². The van der Waals surface area contributed by atoms with Crippen molar-refractivity contribution in [3.05, 3.63) is 63.0 Å². The third-order valence-corrected chi connectivity index (χ3v) is 5.60. The number of carboxylic acid groups (broad SMARTS) is 1. The summed E-state index contributed by atoms with van der Waals surface area (Å²) in [6.07, 6.45) is 1.42. The SMILES string of the molecule is Cc1ccccc1NC(=O)CN1C(=O)S/C(=C/c2cc(Br)ccc2OCC(=O)[O-])C1=O. The van der Waals surface area contributed by atoms with E-state index in [9.17, 15) is 24.3 Å². The quantitative estimate of drug-likeness (QED) is 0.577. The third kappa shape index (κ3) is 5.74. The number of carboxylic acids is 1. The summed E-state index contributed by atoms with van der Waals surface area (Å²) in [4.78, 5) is 49.0. The van der Waals surface area contributed by atoms with Crippen molar-refractivity contribution in [2.45, 2.75) is 6.92 Å². The van der Waals surface area contributed by atoms with Gasteiger partial charge in [-0.05, 0) is 54.6 Å². The second kappa shape index (κ2) is 9.80. The normalized spacial score (nSPS) is 14.8. The summed E-state index contributed by atoms with van der Waals surface area (Å²) in [5, 5.41) is 12.8. The van der Waals surface area contributed by atoms with Gasteiger partial charge in [-0.1, -0.05) is 34.1 Å². The minimum Gasteiger partial charge on any atom is -0.546 e. The molecule has 1 N–H and O–H groups in total. The van der Waals surface area contributed by atoms with Gasteiger partial charge in [0.2, 0.25) is 5.91 Å². The van der Waals surface area contributed by atoms with E-state index in [1.165, 1.54) is 12.1 Å². The number of imide groups is 1. The fraction of sp³-hybridized carbons (Fsp3) is 0.143. The zero-order chi connectivity index (χ0) is 22.5. The lowest BCUT2D eigenvalue weighted by Crippen LogP contribution is -2.36. The number of carbonyl (C=O) groups excluding carboxylic acids is 4. The molecule has 160 valence electrons. The topological polar surface area (TPSA) is 116 Å². The van der Waals surface area contributed by atoms with Crippen LogP contribution in [0.4, 0.5) is 10.5 Å². The van der Waals surface area contributed by atoms with E-state index >= 15 is 0 Å². The predicted octanol–water partition coefficient (Wildman–Crippen LogP) is 2.56. The number of benzene rings is 2. The predicted molar refractivity (Wildman–Crippen MR) is 117 cm³/mol. The van der Waals surface area contributed by atoms with Crippen molar-refractivity contribution >= 4 is 62.5 Å². The summed E-state index contributed by atoms with van der Waals surface area (Å²) >= 11 is 3.99. The van der Waals surface area contributed by atoms with Crippen LogP contribution in [0.2, 0.25) is 0 Å². The minimum absolute atomic E-state index is 0.0880. The lowest BCUT2D eigenvalue weighted by molar-refractivity contribution is -0.307. The van der Waals surface area contributed by atoms with Gasteiger partial charge in [-0.3, -0.25) is 19.3 Å². The first-order valence-electron chi connectivity index (χ1n) is 8.97. The van der Waals surface area contributed by atoms with Gasteiger partial charge in [0, 0.05) is 15.7 Å². The molecule has 1 saturated heterocycles. The zero-order valence-corrected chi connectivity index (χ0v) is 18.6. The molecule has 2 aromatic carbocycles. The summed E-state index contributed by atoms with van der Waals surface area (Å²) in [5.41, 5.74) is 1.84. The number of amides is 3. The molecule has 1 aliphatic rings. The molecule has 1 fully saturated rings. The van der Waals surface area contributed by atoms with Gasteiger partial charge in [0.15, 0.2) is 0 Å². The fourth-order valence-corrected chi connectivity index (χ4v) is 3.93. The van der Waals surface area contributed by atoms with Crippen LogP contribution in [0.5, 0.6) is 5.75 Å². The molecular weight excluding hydrogens is 488 g/mol. The van der Waals surface area contributed by atoms with Crippen LogP contribution < -0.4 is 15.2 Å². The number of rotatable bonds is 7. The highest BCUT2D eigenvalue weighted by molar-refractivity contribution is 9.10. The number of hydrogen-bond acceptors (Lipinski definition) is 7. The van der Waals surface area contributed by atoms with E-state index in [2.05, 4.69) is 21.2 Å². The van der Waals surface area contributed by atoms with Crippen molar-refractivity contribution in [2.24, 2.45) is 0 Å². The van der Waals surface area contributed by atoms with Crippen molar-refractivity contribution in [3.8, 4) is 5.75 Å². The van der Waals surface area contributed by atoms with Crippen LogP contribution in [0.25, 0.3) is 6.08 Å². The number of ether oxygens (including phenoxy) is 1. The van der Waals surface area contributed by atoms with E-state index in [4.69, 9.17) is 4.74 Å². The van der Waals surface area contributed by atoms with E-state index in [1.807, 2.05) is 19.1 Å². The lowest BCUT2D eigenvalue weighted by atomic mass is 10.2. The molecule has 8 nitrogen and oxygen atoms in total. The average molecular weight is 504 g/mol. The van der Waals surface area contributed by atoms with Gasteiger partial charge in [0.05, 0.1) is 10.9 Å². The van der Waals surface area contributed by atoms with Crippen molar-refractivity contribution in [2.75, 3.05) is 18.5 Å². The minimum atomic E-state index is -1.39. The molecule has 0 atom stereocenters. The highest BCUT2D eigenvalue weighted by Gasteiger charge is 2.36. The number of anilines is 1. The Morgan fingerprint density at radius 1 is 1.23 bits per heavy atom. The number of hydrogen-bond donors (Lipinski definition) is 1. The van der Waals surface area contributed by atoms with Crippen LogP contribution in [-0.4, -0.2) is 41.1 Å². The highest BCUT2D eigenvalue weighted by atomic mass is 79.9. The van der Waals surface area contributed by atoms with E-state index < -0.39 is 36.2 Å². The zero-order valence-electron chi connectivity index (χ0n) is 16.2. The van der Waals surface area contributed by atoms with Crippen LogP contribution >= 0.6 is 27.7 Å². The van der Waals surface area contributed by atoms with Gasteiger partial charge in [0.1, 0.15) is 18.9 Å². The van der Waals surface area contributed by atoms with Gasteiger partial charge < -0.3 is 20.0 Å². The summed E-state index contributed by atoms with van der Waals surface area (Å²) in [6.45, 7) is 0.739.